The van der Waals surface area contributed by atoms with Gasteiger partial charge in [-0.15, -0.1) is 0 Å². The fourth-order valence-electron chi connectivity index (χ4n) is 2.86. The van der Waals surface area contributed by atoms with Crippen LogP contribution in [0.25, 0.3) is 0 Å². The Morgan fingerprint density at radius 2 is 2.19 bits per heavy atom. The second kappa shape index (κ2) is 7.53. The molecule has 1 unspecified atom stereocenters. The van der Waals surface area contributed by atoms with Crippen LogP contribution >= 0.6 is 0 Å². The average Bonchev–Trinajstić information content (AvgIpc) is 2.47. The van der Waals surface area contributed by atoms with Crippen LogP contribution in [0.5, 0.6) is 0 Å². The third kappa shape index (κ3) is 4.80. The molecule has 0 aliphatic carbocycles. The molecule has 4 heteroatoms. The second-order valence-electron chi connectivity index (χ2n) is 6.13. The summed E-state index contributed by atoms with van der Waals surface area (Å²) in [6, 6.07) is 7.53. The van der Waals surface area contributed by atoms with Crippen LogP contribution in [0.2, 0.25) is 0 Å². The van der Waals surface area contributed by atoms with Gasteiger partial charge < -0.3 is 5.32 Å². The van der Waals surface area contributed by atoms with E-state index >= 15 is 0 Å². The molecule has 1 aromatic carbocycles. The Balaban J connectivity index is 2.05. The van der Waals surface area contributed by atoms with Gasteiger partial charge in [0.05, 0.1) is 11.6 Å². The number of nitriles is 1. The highest BCUT2D eigenvalue weighted by Crippen LogP contribution is 2.15. The Morgan fingerprint density at radius 1 is 1.38 bits per heavy atom. The zero-order valence-corrected chi connectivity index (χ0v) is 12.9. The van der Waals surface area contributed by atoms with Crippen LogP contribution in [0.3, 0.4) is 0 Å². The van der Waals surface area contributed by atoms with E-state index in [0.717, 1.165) is 18.7 Å². The molecule has 0 bridgehead atoms. The van der Waals surface area contributed by atoms with E-state index in [2.05, 4.69) is 24.1 Å². The molecular formula is C17H24FN3. The van der Waals surface area contributed by atoms with Crippen LogP contribution in [0, 0.1) is 17.1 Å². The summed E-state index contributed by atoms with van der Waals surface area (Å²) in [6.45, 7) is 7.06. The largest absolute Gasteiger partial charge is 0.313 e. The minimum absolute atomic E-state index is 0.330. The Bertz CT molecular complexity index is 501. The zero-order valence-electron chi connectivity index (χ0n) is 12.9. The Hall–Kier alpha value is -1.44. The fourth-order valence-corrected chi connectivity index (χ4v) is 2.86. The number of piperidine rings is 1. The first-order valence-electron chi connectivity index (χ1n) is 7.75. The van der Waals surface area contributed by atoms with Crippen molar-refractivity contribution in [1.29, 1.82) is 5.26 Å². The van der Waals surface area contributed by atoms with Crippen LogP contribution in [0.1, 0.15) is 44.2 Å². The van der Waals surface area contributed by atoms with Crippen molar-refractivity contribution in [2.75, 3.05) is 13.1 Å². The van der Waals surface area contributed by atoms with Crippen LogP contribution in [0.15, 0.2) is 18.2 Å². The average molecular weight is 289 g/mol. The minimum atomic E-state index is -0.330. The molecule has 0 spiro atoms. The van der Waals surface area contributed by atoms with Crippen molar-refractivity contribution in [2.45, 2.75) is 51.7 Å². The second-order valence-corrected chi connectivity index (χ2v) is 6.13. The number of rotatable bonds is 5. The first-order chi connectivity index (χ1) is 10.1. The maximum absolute atomic E-state index is 13.5. The van der Waals surface area contributed by atoms with Gasteiger partial charge in [-0.2, -0.15) is 5.26 Å². The van der Waals surface area contributed by atoms with Gasteiger partial charge in [0.1, 0.15) is 5.82 Å². The van der Waals surface area contributed by atoms with Crippen molar-refractivity contribution in [3.8, 4) is 6.07 Å². The molecule has 1 aliphatic rings. The van der Waals surface area contributed by atoms with Gasteiger partial charge >= 0.3 is 0 Å². The lowest BCUT2D eigenvalue weighted by atomic mass is 10.0. The smallest absolute Gasteiger partial charge is 0.124 e. The van der Waals surface area contributed by atoms with E-state index in [4.69, 9.17) is 5.26 Å². The first-order valence-corrected chi connectivity index (χ1v) is 7.75. The van der Waals surface area contributed by atoms with Crippen molar-refractivity contribution in [2.24, 2.45) is 0 Å². The first kappa shape index (κ1) is 15.9. The topological polar surface area (TPSA) is 39.1 Å². The summed E-state index contributed by atoms with van der Waals surface area (Å²) in [4.78, 5) is 2.35. The minimum Gasteiger partial charge on any atom is -0.313 e. The molecule has 1 fully saturated rings. The van der Waals surface area contributed by atoms with Gasteiger partial charge in [-0.25, -0.2) is 4.39 Å². The van der Waals surface area contributed by atoms with E-state index in [0.29, 0.717) is 24.2 Å². The fraction of sp³-hybridized carbons (Fsp3) is 0.588. The van der Waals surface area contributed by atoms with Gasteiger partial charge in [-0.1, -0.05) is 6.42 Å². The van der Waals surface area contributed by atoms with E-state index < -0.39 is 0 Å². The van der Waals surface area contributed by atoms with E-state index in [9.17, 15) is 4.39 Å². The maximum atomic E-state index is 13.5. The number of nitrogens with one attached hydrogen (secondary N) is 1. The van der Waals surface area contributed by atoms with Gasteiger partial charge in [-0.05, 0) is 57.0 Å². The molecule has 1 N–H and O–H groups in total. The maximum Gasteiger partial charge on any atom is 0.124 e. The molecule has 114 valence electrons. The normalized spacial score (nSPS) is 19.0. The molecule has 3 nitrogen and oxygen atoms in total. The number of benzene rings is 1. The summed E-state index contributed by atoms with van der Waals surface area (Å²) in [7, 11) is 0. The van der Waals surface area contributed by atoms with E-state index in [1.54, 1.807) is 6.07 Å². The Kier molecular flexibility index (Phi) is 5.72. The third-order valence-electron chi connectivity index (χ3n) is 4.07. The van der Waals surface area contributed by atoms with Crippen LogP contribution in [-0.4, -0.2) is 30.1 Å². The molecule has 0 saturated carbocycles. The van der Waals surface area contributed by atoms with Crippen molar-refractivity contribution in [3.05, 3.63) is 35.1 Å². The van der Waals surface area contributed by atoms with Gasteiger partial charge in [-0.3, -0.25) is 4.90 Å². The van der Waals surface area contributed by atoms with Gasteiger partial charge in [0.2, 0.25) is 0 Å². The quantitative estimate of drug-likeness (QED) is 0.905. The molecule has 1 atom stereocenters. The van der Waals surface area contributed by atoms with Gasteiger partial charge in [0.15, 0.2) is 0 Å². The number of hydrogen-bond donors (Lipinski definition) is 1. The molecule has 1 aliphatic heterocycles. The third-order valence-corrected chi connectivity index (χ3v) is 4.07. The Morgan fingerprint density at radius 3 is 2.81 bits per heavy atom. The molecule has 0 amide bonds. The number of hydrogen-bond acceptors (Lipinski definition) is 3. The van der Waals surface area contributed by atoms with Crippen LogP contribution in [0.4, 0.5) is 4.39 Å². The van der Waals surface area contributed by atoms with E-state index in [-0.39, 0.29) is 5.82 Å². The predicted octanol–water partition coefficient (Wildman–Crippen LogP) is 3.05. The van der Waals surface area contributed by atoms with Crippen molar-refractivity contribution in [3.63, 3.8) is 0 Å². The molecular weight excluding hydrogens is 265 g/mol. The highest BCUT2D eigenvalue weighted by molar-refractivity contribution is 5.33. The lowest BCUT2D eigenvalue weighted by Gasteiger charge is -2.33. The molecule has 21 heavy (non-hydrogen) atoms. The summed E-state index contributed by atoms with van der Waals surface area (Å²) in [5.74, 6) is -0.330. The van der Waals surface area contributed by atoms with Crippen molar-refractivity contribution < 1.29 is 4.39 Å². The standard InChI is InChI=1S/C17H24FN3/c1-13(2)21(12-17-5-3-4-6-20-17)11-15-7-14(10-19)8-16(18)9-15/h7-9,13,17,20H,3-6,11-12H2,1-2H3. The summed E-state index contributed by atoms with van der Waals surface area (Å²) in [5.41, 5.74) is 1.26. The molecule has 0 aromatic heterocycles. The number of halogens is 1. The van der Waals surface area contributed by atoms with Gasteiger partial charge in [0.25, 0.3) is 0 Å². The summed E-state index contributed by atoms with van der Waals surface area (Å²) in [6.07, 6.45) is 3.74. The summed E-state index contributed by atoms with van der Waals surface area (Å²) in [5, 5.41) is 12.5. The lowest BCUT2D eigenvalue weighted by molar-refractivity contribution is 0.177. The van der Waals surface area contributed by atoms with E-state index in [1.807, 2.05) is 6.07 Å². The summed E-state index contributed by atoms with van der Waals surface area (Å²) >= 11 is 0. The van der Waals surface area contributed by atoms with Crippen molar-refractivity contribution >= 4 is 0 Å². The number of nitrogens with zero attached hydrogens (tertiary/aromatic N) is 2. The van der Waals surface area contributed by atoms with Crippen molar-refractivity contribution in [1.82, 2.24) is 10.2 Å². The molecule has 1 heterocycles. The predicted molar refractivity (Wildman–Crippen MR) is 82.3 cm³/mol. The molecule has 1 saturated heterocycles. The molecule has 1 aromatic rings. The highest BCUT2D eigenvalue weighted by Gasteiger charge is 2.19. The Labute approximate surface area is 126 Å². The molecule has 2 rings (SSSR count). The van der Waals surface area contributed by atoms with Gasteiger partial charge in [0, 0.05) is 25.2 Å². The highest BCUT2D eigenvalue weighted by atomic mass is 19.1. The lowest BCUT2D eigenvalue weighted by Crippen LogP contribution is -2.45. The molecule has 0 radical (unpaired) electrons. The van der Waals surface area contributed by atoms with E-state index in [1.165, 1.54) is 31.4 Å². The zero-order chi connectivity index (χ0) is 15.2. The monoisotopic (exact) mass is 289 g/mol. The van der Waals surface area contributed by atoms with Crippen LogP contribution in [-0.2, 0) is 6.54 Å². The summed E-state index contributed by atoms with van der Waals surface area (Å²) < 4.78 is 13.5. The SMILES string of the molecule is CC(C)N(Cc1cc(F)cc(C#N)c1)CC1CCCCN1. The van der Waals surface area contributed by atoms with Crippen LogP contribution < -0.4 is 5.32 Å².